The van der Waals surface area contributed by atoms with Crippen molar-refractivity contribution in [2.24, 2.45) is 4.99 Å². The number of hydrogen-bond acceptors (Lipinski definition) is 6. The van der Waals surface area contributed by atoms with Crippen molar-refractivity contribution in [3.05, 3.63) is 82.9 Å². The summed E-state index contributed by atoms with van der Waals surface area (Å²) in [5, 5.41) is 8.91. The number of nitrogens with one attached hydrogen (secondary N) is 3. The molecule has 2 aliphatic rings. The molecule has 9 nitrogen and oxygen atoms in total. The zero-order chi connectivity index (χ0) is 25.1. The lowest BCUT2D eigenvalue weighted by molar-refractivity contribution is -0.118. The first-order valence-corrected chi connectivity index (χ1v) is 11.7. The number of carbonyl (C=O) groups is 2. The minimum Gasteiger partial charge on any atom is -0.454 e. The number of amidine groups is 1. The molecule has 3 aromatic carbocycles. The lowest BCUT2D eigenvalue weighted by Gasteiger charge is -2.20. The van der Waals surface area contributed by atoms with E-state index in [0.717, 1.165) is 24.5 Å². The van der Waals surface area contributed by atoms with Gasteiger partial charge in [-0.25, -0.2) is 4.79 Å². The number of carbonyl (C=O) groups excluding carboxylic acids is 2. The van der Waals surface area contributed by atoms with Crippen LogP contribution in [0.4, 0.5) is 16.2 Å². The third-order valence-electron chi connectivity index (χ3n) is 5.84. The molecule has 2 heterocycles. The standard InChI is InChI=1S/C26H24ClN5O4/c1-32-13-12-28-24(32)16-2-7-19(8-3-16)29-25(33)23(17-4-11-21-22(14-17)36-15-35-21)31-26(34)30-20-9-5-18(27)6-10-20/h2-11,14,23H,12-13,15H2,1H3,(H,29,33)(H2,30,31,34). The molecule has 3 aromatic rings. The van der Waals surface area contributed by atoms with Crippen LogP contribution in [0.5, 0.6) is 11.5 Å². The molecule has 3 N–H and O–H groups in total. The molecule has 36 heavy (non-hydrogen) atoms. The molecule has 184 valence electrons. The Morgan fingerprint density at radius 2 is 1.64 bits per heavy atom. The maximum Gasteiger partial charge on any atom is 0.320 e. The molecule has 0 aromatic heterocycles. The summed E-state index contributed by atoms with van der Waals surface area (Å²) >= 11 is 5.92. The second kappa shape index (κ2) is 10.2. The second-order valence-electron chi connectivity index (χ2n) is 8.34. The first kappa shape index (κ1) is 23.5. The normalized spacial score (nSPS) is 14.7. The predicted octanol–water partition coefficient (Wildman–Crippen LogP) is 4.26. The highest BCUT2D eigenvalue weighted by molar-refractivity contribution is 6.30. The van der Waals surface area contributed by atoms with Crippen molar-refractivity contribution in [2.45, 2.75) is 6.04 Å². The molecular weight excluding hydrogens is 482 g/mol. The van der Waals surface area contributed by atoms with E-state index >= 15 is 0 Å². The number of benzene rings is 3. The van der Waals surface area contributed by atoms with Gasteiger partial charge < -0.3 is 30.3 Å². The van der Waals surface area contributed by atoms with E-state index in [1.54, 1.807) is 42.5 Å². The van der Waals surface area contributed by atoms with Gasteiger partial charge in [0, 0.05) is 35.6 Å². The first-order valence-electron chi connectivity index (χ1n) is 11.4. The molecule has 3 amide bonds. The van der Waals surface area contributed by atoms with E-state index in [9.17, 15) is 9.59 Å². The third-order valence-corrected chi connectivity index (χ3v) is 6.09. The molecule has 2 aliphatic heterocycles. The van der Waals surface area contributed by atoms with Crippen LogP contribution in [-0.2, 0) is 4.79 Å². The number of ether oxygens (including phenoxy) is 2. The minimum absolute atomic E-state index is 0.104. The number of nitrogens with zero attached hydrogens (tertiary/aromatic N) is 2. The number of anilines is 2. The Kier molecular flexibility index (Phi) is 6.64. The predicted molar refractivity (Wildman–Crippen MR) is 138 cm³/mol. The Labute approximate surface area is 213 Å². The van der Waals surface area contributed by atoms with Gasteiger partial charge in [0.2, 0.25) is 6.79 Å². The van der Waals surface area contributed by atoms with Gasteiger partial charge in [-0.3, -0.25) is 9.79 Å². The number of fused-ring (bicyclic) bond motifs is 1. The SMILES string of the molecule is CN1CCN=C1c1ccc(NC(=O)C(NC(=O)Nc2ccc(Cl)cc2)c2ccc3c(c2)OCO3)cc1. The van der Waals surface area contributed by atoms with Crippen LogP contribution < -0.4 is 25.4 Å². The average Bonchev–Trinajstić information content (AvgIpc) is 3.52. The Morgan fingerprint density at radius 1 is 0.944 bits per heavy atom. The van der Waals surface area contributed by atoms with Crippen molar-refractivity contribution in [1.29, 1.82) is 0 Å². The summed E-state index contributed by atoms with van der Waals surface area (Å²) in [5.41, 5.74) is 2.65. The van der Waals surface area contributed by atoms with Gasteiger partial charge in [-0.15, -0.1) is 0 Å². The molecule has 10 heteroatoms. The van der Waals surface area contributed by atoms with E-state index < -0.39 is 18.0 Å². The summed E-state index contributed by atoms with van der Waals surface area (Å²) in [6, 6.07) is 17.7. The highest BCUT2D eigenvalue weighted by Crippen LogP contribution is 2.34. The van der Waals surface area contributed by atoms with Crippen LogP contribution in [0, 0.1) is 0 Å². The average molecular weight is 506 g/mol. The van der Waals surface area contributed by atoms with E-state index in [4.69, 9.17) is 21.1 Å². The smallest absolute Gasteiger partial charge is 0.320 e. The number of aliphatic imine (C=N–C) groups is 1. The molecule has 5 rings (SSSR count). The fraction of sp³-hybridized carbons (Fsp3) is 0.192. The van der Waals surface area contributed by atoms with Crippen molar-refractivity contribution in [2.75, 3.05) is 37.6 Å². The van der Waals surface area contributed by atoms with Gasteiger partial charge in [-0.1, -0.05) is 17.7 Å². The first-order chi connectivity index (χ1) is 17.5. The van der Waals surface area contributed by atoms with Gasteiger partial charge in [0.05, 0.1) is 6.54 Å². The quantitative estimate of drug-likeness (QED) is 0.464. The van der Waals surface area contributed by atoms with E-state index in [1.165, 1.54) is 0 Å². The summed E-state index contributed by atoms with van der Waals surface area (Å²) in [4.78, 5) is 32.8. The van der Waals surface area contributed by atoms with Crippen LogP contribution in [0.3, 0.4) is 0 Å². The molecule has 0 fully saturated rings. The number of amides is 3. The summed E-state index contributed by atoms with van der Waals surface area (Å²) < 4.78 is 10.8. The number of urea groups is 1. The summed E-state index contributed by atoms with van der Waals surface area (Å²) in [6.45, 7) is 1.76. The zero-order valence-electron chi connectivity index (χ0n) is 19.5. The van der Waals surface area contributed by atoms with Gasteiger partial charge >= 0.3 is 6.03 Å². The Hall–Kier alpha value is -4.24. The highest BCUT2D eigenvalue weighted by Gasteiger charge is 2.26. The molecule has 0 saturated carbocycles. The van der Waals surface area contributed by atoms with Crippen LogP contribution in [0.25, 0.3) is 0 Å². The Balaban J connectivity index is 1.34. The molecule has 1 unspecified atom stereocenters. The van der Waals surface area contributed by atoms with Gasteiger partial charge in [0.1, 0.15) is 11.9 Å². The molecule has 0 spiro atoms. The van der Waals surface area contributed by atoms with E-state index in [1.807, 2.05) is 31.3 Å². The lowest BCUT2D eigenvalue weighted by atomic mass is 10.0. The number of halogens is 1. The van der Waals surface area contributed by atoms with E-state index in [2.05, 4.69) is 25.8 Å². The zero-order valence-corrected chi connectivity index (χ0v) is 20.2. The van der Waals surface area contributed by atoms with E-state index in [0.29, 0.717) is 33.5 Å². The van der Waals surface area contributed by atoms with Gasteiger partial charge in [-0.2, -0.15) is 0 Å². The van der Waals surface area contributed by atoms with Crippen molar-refractivity contribution < 1.29 is 19.1 Å². The molecule has 1 atom stereocenters. The monoisotopic (exact) mass is 505 g/mol. The van der Waals surface area contributed by atoms with Crippen LogP contribution in [0.1, 0.15) is 17.2 Å². The number of rotatable bonds is 6. The Bertz CT molecular complexity index is 1310. The molecule has 0 saturated heterocycles. The van der Waals surface area contributed by atoms with Crippen LogP contribution in [0.15, 0.2) is 71.7 Å². The van der Waals surface area contributed by atoms with Gasteiger partial charge in [0.15, 0.2) is 11.5 Å². The van der Waals surface area contributed by atoms with E-state index in [-0.39, 0.29) is 6.79 Å². The van der Waals surface area contributed by atoms with Crippen molar-refractivity contribution in [3.63, 3.8) is 0 Å². The summed E-state index contributed by atoms with van der Waals surface area (Å²) in [7, 11) is 2.00. The summed E-state index contributed by atoms with van der Waals surface area (Å²) in [5.74, 6) is 1.60. The molecule has 0 aliphatic carbocycles. The highest BCUT2D eigenvalue weighted by atomic mass is 35.5. The fourth-order valence-electron chi connectivity index (χ4n) is 3.99. The molecule has 0 bridgehead atoms. The van der Waals surface area contributed by atoms with Crippen molar-refractivity contribution >= 4 is 40.7 Å². The second-order valence-corrected chi connectivity index (χ2v) is 8.78. The van der Waals surface area contributed by atoms with Crippen LogP contribution >= 0.6 is 11.6 Å². The topological polar surface area (TPSA) is 104 Å². The van der Waals surface area contributed by atoms with Crippen molar-refractivity contribution in [1.82, 2.24) is 10.2 Å². The maximum atomic E-state index is 13.4. The summed E-state index contributed by atoms with van der Waals surface area (Å²) in [6.07, 6.45) is 0. The largest absolute Gasteiger partial charge is 0.454 e. The minimum atomic E-state index is -1.00. The van der Waals surface area contributed by atoms with Crippen LogP contribution in [0.2, 0.25) is 5.02 Å². The maximum absolute atomic E-state index is 13.4. The molecule has 0 radical (unpaired) electrons. The van der Waals surface area contributed by atoms with Gasteiger partial charge in [-0.05, 0) is 66.2 Å². The van der Waals surface area contributed by atoms with Crippen molar-refractivity contribution in [3.8, 4) is 11.5 Å². The fourth-order valence-corrected chi connectivity index (χ4v) is 4.11. The Morgan fingerprint density at radius 3 is 2.36 bits per heavy atom. The number of likely N-dealkylation sites (N-methyl/N-ethyl adjacent to an activating group) is 1. The lowest BCUT2D eigenvalue weighted by Crippen LogP contribution is -2.39. The number of hydrogen-bond donors (Lipinski definition) is 3. The molecular formula is C26H24ClN5O4. The third kappa shape index (κ3) is 5.21. The van der Waals surface area contributed by atoms with Crippen LogP contribution in [-0.4, -0.2) is 49.6 Å². The van der Waals surface area contributed by atoms with Gasteiger partial charge in [0.25, 0.3) is 5.91 Å².